The van der Waals surface area contributed by atoms with E-state index in [0.717, 1.165) is 16.7 Å². The fourth-order valence-corrected chi connectivity index (χ4v) is 3.11. The molecule has 0 saturated carbocycles. The molecule has 6 nitrogen and oxygen atoms in total. The monoisotopic (exact) mass is 323 g/mol. The molecule has 1 atom stereocenters. The summed E-state index contributed by atoms with van der Waals surface area (Å²) in [5, 5.41) is 4.35. The van der Waals surface area contributed by atoms with Crippen LogP contribution in [0.25, 0.3) is 0 Å². The summed E-state index contributed by atoms with van der Waals surface area (Å²) in [6.45, 7) is 2.17. The van der Waals surface area contributed by atoms with Crippen LogP contribution in [-0.2, 0) is 4.79 Å². The van der Waals surface area contributed by atoms with Gasteiger partial charge in [-0.15, -0.1) is 0 Å². The van der Waals surface area contributed by atoms with Crippen molar-refractivity contribution in [2.45, 2.75) is 19.3 Å². The average Bonchev–Trinajstić information content (AvgIpc) is 2.99. The highest BCUT2D eigenvalue weighted by Gasteiger charge is 2.30. The van der Waals surface area contributed by atoms with Crippen molar-refractivity contribution in [2.75, 3.05) is 12.5 Å². The van der Waals surface area contributed by atoms with Crippen LogP contribution in [0.15, 0.2) is 41.5 Å². The molecular weight excluding hydrogens is 306 g/mol. The van der Waals surface area contributed by atoms with E-state index in [2.05, 4.69) is 10.5 Å². The van der Waals surface area contributed by atoms with Gasteiger partial charge in [-0.25, -0.2) is 5.43 Å². The third-order valence-electron chi connectivity index (χ3n) is 4.36. The lowest BCUT2D eigenvalue weighted by Crippen LogP contribution is -2.23. The van der Waals surface area contributed by atoms with Gasteiger partial charge in [0.15, 0.2) is 11.5 Å². The number of anilines is 1. The third kappa shape index (κ3) is 2.27. The van der Waals surface area contributed by atoms with Gasteiger partial charge in [0.25, 0.3) is 0 Å². The van der Waals surface area contributed by atoms with E-state index in [1.54, 1.807) is 0 Å². The Morgan fingerprint density at radius 3 is 2.62 bits per heavy atom. The SMILES string of the molecule is CCC1C(=O)NN=C(c2ccc(N)cc2)c2cc3c(cc21)OCO3. The van der Waals surface area contributed by atoms with E-state index in [-0.39, 0.29) is 18.6 Å². The van der Waals surface area contributed by atoms with Gasteiger partial charge in [0, 0.05) is 16.8 Å². The maximum absolute atomic E-state index is 12.4. The highest BCUT2D eigenvalue weighted by atomic mass is 16.7. The molecule has 122 valence electrons. The number of nitrogen functional groups attached to an aromatic ring is 1. The average molecular weight is 323 g/mol. The molecule has 2 aromatic carbocycles. The lowest BCUT2D eigenvalue weighted by atomic mass is 9.88. The number of benzene rings is 2. The molecule has 4 rings (SSSR count). The first-order valence-electron chi connectivity index (χ1n) is 7.84. The predicted molar refractivity (Wildman–Crippen MR) is 90.2 cm³/mol. The zero-order chi connectivity index (χ0) is 16.7. The van der Waals surface area contributed by atoms with Gasteiger partial charge in [-0.1, -0.05) is 19.1 Å². The number of carbonyl (C=O) groups is 1. The number of nitrogens with two attached hydrogens (primary N) is 1. The molecule has 0 fully saturated rings. The normalized spacial score (nSPS) is 18.5. The highest BCUT2D eigenvalue weighted by Crippen LogP contribution is 2.39. The van der Waals surface area contributed by atoms with Crippen LogP contribution < -0.4 is 20.6 Å². The Labute approximate surface area is 139 Å². The van der Waals surface area contributed by atoms with Crippen LogP contribution in [0.1, 0.15) is 36.0 Å². The molecule has 6 heteroatoms. The van der Waals surface area contributed by atoms with Gasteiger partial charge in [0.2, 0.25) is 12.7 Å². The lowest BCUT2D eigenvalue weighted by Gasteiger charge is -2.15. The van der Waals surface area contributed by atoms with Crippen LogP contribution in [0.2, 0.25) is 0 Å². The van der Waals surface area contributed by atoms with Crippen LogP contribution in [0.4, 0.5) is 5.69 Å². The zero-order valence-electron chi connectivity index (χ0n) is 13.2. The van der Waals surface area contributed by atoms with E-state index in [1.807, 2.05) is 43.3 Å². The lowest BCUT2D eigenvalue weighted by molar-refractivity contribution is -0.122. The number of carbonyl (C=O) groups excluding carboxylic acids is 1. The molecular formula is C18H17N3O3. The molecule has 3 N–H and O–H groups in total. The smallest absolute Gasteiger partial charge is 0.247 e. The minimum absolute atomic E-state index is 0.122. The summed E-state index contributed by atoms with van der Waals surface area (Å²) >= 11 is 0. The number of nitrogens with one attached hydrogen (secondary N) is 1. The molecule has 2 aliphatic rings. The van der Waals surface area contributed by atoms with Gasteiger partial charge in [-0.2, -0.15) is 5.10 Å². The molecule has 0 bridgehead atoms. The fourth-order valence-electron chi connectivity index (χ4n) is 3.11. The summed E-state index contributed by atoms with van der Waals surface area (Å²) < 4.78 is 11.0. The van der Waals surface area contributed by atoms with Crippen LogP contribution in [-0.4, -0.2) is 18.4 Å². The molecule has 1 amide bonds. The predicted octanol–water partition coefficient (Wildman–Crippen LogP) is 2.37. The molecule has 2 aromatic rings. The minimum atomic E-state index is -0.287. The van der Waals surface area contributed by atoms with Crippen molar-refractivity contribution in [3.63, 3.8) is 0 Å². The Kier molecular flexibility index (Phi) is 3.37. The first kappa shape index (κ1) is 14.6. The zero-order valence-corrected chi connectivity index (χ0v) is 13.2. The number of nitrogens with zero attached hydrogens (tertiary/aromatic N) is 1. The molecule has 0 radical (unpaired) electrons. The Morgan fingerprint density at radius 1 is 1.21 bits per heavy atom. The highest BCUT2D eigenvalue weighted by molar-refractivity contribution is 6.16. The van der Waals surface area contributed by atoms with Crippen LogP contribution >= 0.6 is 0 Å². The van der Waals surface area contributed by atoms with Gasteiger partial charge in [-0.3, -0.25) is 4.79 Å². The van der Waals surface area contributed by atoms with E-state index >= 15 is 0 Å². The van der Waals surface area contributed by atoms with Gasteiger partial charge in [0.1, 0.15) is 0 Å². The Bertz CT molecular complexity index is 843. The number of hydrazone groups is 1. The summed E-state index contributed by atoms with van der Waals surface area (Å²) in [7, 11) is 0. The number of fused-ring (bicyclic) bond motifs is 2. The fraction of sp³-hybridized carbons (Fsp3) is 0.222. The van der Waals surface area contributed by atoms with E-state index in [0.29, 0.717) is 29.3 Å². The van der Waals surface area contributed by atoms with E-state index in [1.165, 1.54) is 0 Å². The quantitative estimate of drug-likeness (QED) is 0.831. The number of hydrogen-bond acceptors (Lipinski definition) is 5. The largest absolute Gasteiger partial charge is 0.454 e. The Hall–Kier alpha value is -3.02. The van der Waals surface area contributed by atoms with Crippen molar-refractivity contribution >= 4 is 17.3 Å². The molecule has 0 aromatic heterocycles. The molecule has 0 spiro atoms. The van der Waals surface area contributed by atoms with Crippen molar-refractivity contribution < 1.29 is 14.3 Å². The Morgan fingerprint density at radius 2 is 1.92 bits per heavy atom. The second-order valence-electron chi connectivity index (χ2n) is 5.81. The van der Waals surface area contributed by atoms with Crippen molar-refractivity contribution in [1.29, 1.82) is 0 Å². The summed E-state index contributed by atoms with van der Waals surface area (Å²) in [5.41, 5.74) is 12.4. The van der Waals surface area contributed by atoms with Gasteiger partial charge in [-0.05, 0) is 36.2 Å². The topological polar surface area (TPSA) is 85.9 Å². The molecule has 24 heavy (non-hydrogen) atoms. The summed E-state index contributed by atoms with van der Waals surface area (Å²) in [5.74, 6) is 0.923. The minimum Gasteiger partial charge on any atom is -0.454 e. The molecule has 1 unspecified atom stereocenters. The summed E-state index contributed by atoms with van der Waals surface area (Å²) in [6, 6.07) is 11.2. The third-order valence-corrected chi connectivity index (χ3v) is 4.36. The summed E-state index contributed by atoms with van der Waals surface area (Å²) in [6.07, 6.45) is 0.670. The second-order valence-corrected chi connectivity index (χ2v) is 5.81. The molecule has 0 aliphatic carbocycles. The van der Waals surface area contributed by atoms with Gasteiger partial charge in [0.05, 0.1) is 11.6 Å². The van der Waals surface area contributed by atoms with Crippen LogP contribution in [0, 0.1) is 0 Å². The maximum atomic E-state index is 12.4. The van der Waals surface area contributed by atoms with Crippen LogP contribution in [0.3, 0.4) is 0 Å². The number of ether oxygens (including phenoxy) is 2. The standard InChI is InChI=1S/C18H17N3O3/c1-2-12-13-7-15-16(24-9-23-15)8-14(13)17(20-21-18(12)22)10-3-5-11(19)6-4-10/h3-8,12H,2,9,19H2,1H3,(H,21,22). The van der Waals surface area contributed by atoms with Crippen molar-refractivity contribution in [3.05, 3.63) is 53.1 Å². The van der Waals surface area contributed by atoms with Gasteiger partial charge < -0.3 is 15.2 Å². The molecule has 2 aliphatic heterocycles. The van der Waals surface area contributed by atoms with Crippen molar-refractivity contribution in [1.82, 2.24) is 5.43 Å². The Balaban J connectivity index is 1.92. The first-order chi connectivity index (χ1) is 11.7. The number of rotatable bonds is 2. The molecule has 0 saturated heterocycles. The van der Waals surface area contributed by atoms with E-state index in [9.17, 15) is 4.79 Å². The first-order valence-corrected chi connectivity index (χ1v) is 7.84. The number of amides is 1. The van der Waals surface area contributed by atoms with Crippen LogP contribution in [0.5, 0.6) is 11.5 Å². The van der Waals surface area contributed by atoms with Crippen molar-refractivity contribution in [3.8, 4) is 11.5 Å². The molecule has 2 heterocycles. The van der Waals surface area contributed by atoms with Gasteiger partial charge >= 0.3 is 0 Å². The van der Waals surface area contributed by atoms with Crippen molar-refractivity contribution in [2.24, 2.45) is 5.10 Å². The second kappa shape index (κ2) is 5.56. The maximum Gasteiger partial charge on any atom is 0.247 e. The van der Waals surface area contributed by atoms with E-state index in [4.69, 9.17) is 15.2 Å². The summed E-state index contributed by atoms with van der Waals surface area (Å²) in [4.78, 5) is 12.4. The van der Waals surface area contributed by atoms with E-state index < -0.39 is 0 Å². The number of hydrogen-bond donors (Lipinski definition) is 2.